The van der Waals surface area contributed by atoms with Crippen LogP contribution in [-0.4, -0.2) is 38.9 Å². The molecular formula is C22H25ClN2O3S. The molecule has 0 spiro atoms. The summed E-state index contributed by atoms with van der Waals surface area (Å²) in [5.41, 5.74) is 0.754. The van der Waals surface area contributed by atoms with Crippen LogP contribution in [0.15, 0.2) is 66.1 Å². The highest BCUT2D eigenvalue weighted by Gasteiger charge is 2.27. The first-order valence-corrected chi connectivity index (χ1v) is 11.5. The highest BCUT2D eigenvalue weighted by molar-refractivity contribution is 7.92. The van der Waals surface area contributed by atoms with Gasteiger partial charge in [-0.25, -0.2) is 8.42 Å². The fraction of sp³-hybridized carbons (Fsp3) is 0.318. The van der Waals surface area contributed by atoms with Gasteiger partial charge in [0.15, 0.2) is 0 Å². The number of benzene rings is 2. The largest absolute Gasteiger partial charge is 0.339 e. The molecule has 29 heavy (non-hydrogen) atoms. The molecule has 2 aromatic rings. The van der Waals surface area contributed by atoms with E-state index in [4.69, 9.17) is 11.6 Å². The SMILES string of the molecule is C=CCN(c1ccccc1Cl)S(=O)(=O)c1cccc(C(=O)N2CCCCCC2)c1. The van der Waals surface area contributed by atoms with E-state index >= 15 is 0 Å². The lowest BCUT2D eigenvalue weighted by Crippen LogP contribution is -2.33. The molecule has 0 N–H and O–H groups in total. The fourth-order valence-corrected chi connectivity index (χ4v) is 5.26. The second-order valence-electron chi connectivity index (χ2n) is 7.01. The van der Waals surface area contributed by atoms with Crippen molar-refractivity contribution in [3.05, 3.63) is 71.8 Å². The molecule has 1 aliphatic rings. The maximum Gasteiger partial charge on any atom is 0.264 e. The number of nitrogens with zero attached hydrogens (tertiary/aromatic N) is 2. The van der Waals surface area contributed by atoms with Gasteiger partial charge in [-0.3, -0.25) is 9.10 Å². The second kappa shape index (κ2) is 9.46. The van der Waals surface area contributed by atoms with E-state index in [0.29, 0.717) is 29.4 Å². The van der Waals surface area contributed by atoms with Crippen molar-refractivity contribution in [1.29, 1.82) is 0 Å². The van der Waals surface area contributed by atoms with Gasteiger partial charge in [0.05, 0.1) is 22.2 Å². The Balaban J connectivity index is 1.96. The first-order chi connectivity index (χ1) is 13.9. The fourth-order valence-electron chi connectivity index (χ4n) is 3.47. The number of hydrogen-bond donors (Lipinski definition) is 0. The summed E-state index contributed by atoms with van der Waals surface area (Å²) < 4.78 is 28.0. The van der Waals surface area contributed by atoms with E-state index in [2.05, 4.69) is 6.58 Å². The van der Waals surface area contributed by atoms with Crippen LogP contribution in [0, 0.1) is 0 Å². The minimum Gasteiger partial charge on any atom is -0.339 e. The van der Waals surface area contributed by atoms with Crippen LogP contribution in [0.2, 0.25) is 5.02 Å². The molecule has 0 unspecified atom stereocenters. The molecule has 154 valence electrons. The third kappa shape index (κ3) is 4.82. The normalized spacial score (nSPS) is 14.9. The number of para-hydroxylation sites is 1. The summed E-state index contributed by atoms with van der Waals surface area (Å²) in [6, 6.07) is 13.0. The quantitative estimate of drug-likeness (QED) is 0.619. The van der Waals surface area contributed by atoms with Crippen molar-refractivity contribution in [3.8, 4) is 0 Å². The number of halogens is 1. The predicted octanol–water partition coefficient (Wildman–Crippen LogP) is 4.74. The second-order valence-corrected chi connectivity index (χ2v) is 9.28. The molecule has 7 heteroatoms. The van der Waals surface area contributed by atoms with Gasteiger partial charge in [0.1, 0.15) is 0 Å². The molecule has 0 atom stereocenters. The Labute approximate surface area is 177 Å². The topological polar surface area (TPSA) is 57.7 Å². The van der Waals surface area contributed by atoms with Gasteiger partial charge in [0, 0.05) is 18.7 Å². The Kier molecular flexibility index (Phi) is 6.98. The summed E-state index contributed by atoms with van der Waals surface area (Å²) in [7, 11) is -3.93. The van der Waals surface area contributed by atoms with Crippen molar-refractivity contribution >= 4 is 33.2 Å². The van der Waals surface area contributed by atoms with E-state index in [1.165, 1.54) is 22.5 Å². The van der Waals surface area contributed by atoms with Gasteiger partial charge in [0.25, 0.3) is 15.9 Å². The van der Waals surface area contributed by atoms with Crippen LogP contribution in [0.5, 0.6) is 0 Å². The highest BCUT2D eigenvalue weighted by atomic mass is 35.5. The van der Waals surface area contributed by atoms with Gasteiger partial charge in [-0.1, -0.05) is 48.7 Å². The van der Waals surface area contributed by atoms with Crippen molar-refractivity contribution < 1.29 is 13.2 Å². The predicted molar refractivity (Wildman–Crippen MR) is 117 cm³/mol. The Morgan fingerprint density at radius 1 is 1.07 bits per heavy atom. The van der Waals surface area contributed by atoms with Crippen molar-refractivity contribution in [1.82, 2.24) is 4.90 Å². The molecule has 0 aliphatic carbocycles. The summed E-state index contributed by atoms with van der Waals surface area (Å²) in [6.45, 7) is 5.15. The minimum absolute atomic E-state index is 0.0555. The van der Waals surface area contributed by atoms with Crippen molar-refractivity contribution in [2.75, 3.05) is 23.9 Å². The molecule has 1 heterocycles. The van der Waals surface area contributed by atoms with Crippen molar-refractivity contribution in [2.45, 2.75) is 30.6 Å². The zero-order valence-corrected chi connectivity index (χ0v) is 17.8. The Morgan fingerprint density at radius 3 is 2.41 bits per heavy atom. The Hall–Kier alpha value is -2.31. The molecule has 0 aromatic heterocycles. The summed E-state index contributed by atoms with van der Waals surface area (Å²) in [5, 5.41) is 0.328. The van der Waals surface area contributed by atoms with Crippen LogP contribution < -0.4 is 4.31 Å². The third-order valence-electron chi connectivity index (χ3n) is 4.98. The van der Waals surface area contributed by atoms with Crippen molar-refractivity contribution in [3.63, 3.8) is 0 Å². The average molecular weight is 433 g/mol. The van der Waals surface area contributed by atoms with Gasteiger partial charge < -0.3 is 4.90 Å². The minimum atomic E-state index is -3.93. The number of carbonyl (C=O) groups excluding carboxylic acids is 1. The van der Waals surface area contributed by atoms with Crippen LogP contribution in [0.25, 0.3) is 0 Å². The van der Waals surface area contributed by atoms with E-state index in [9.17, 15) is 13.2 Å². The molecule has 1 fully saturated rings. The van der Waals surface area contributed by atoms with Gasteiger partial charge in [-0.05, 0) is 43.2 Å². The standard InChI is InChI=1S/C22H25ClN2O3S/c1-2-14-25(21-13-6-5-12-20(21)23)29(27,28)19-11-9-10-18(17-19)22(26)24-15-7-3-4-8-16-24/h2,5-6,9-13,17H,1,3-4,7-8,14-16H2. The molecule has 0 saturated carbocycles. The lowest BCUT2D eigenvalue weighted by atomic mass is 10.2. The molecule has 1 aliphatic heterocycles. The highest BCUT2D eigenvalue weighted by Crippen LogP contribution is 2.30. The Bertz CT molecular complexity index is 983. The number of hydrogen-bond acceptors (Lipinski definition) is 3. The number of anilines is 1. The molecule has 1 amide bonds. The van der Waals surface area contributed by atoms with Crippen LogP contribution in [0.3, 0.4) is 0 Å². The molecule has 2 aromatic carbocycles. The third-order valence-corrected chi connectivity index (χ3v) is 7.07. The lowest BCUT2D eigenvalue weighted by Gasteiger charge is -2.25. The van der Waals surface area contributed by atoms with Gasteiger partial charge in [-0.2, -0.15) is 0 Å². The number of carbonyl (C=O) groups is 1. The number of sulfonamides is 1. The van der Waals surface area contributed by atoms with Crippen LogP contribution >= 0.6 is 11.6 Å². The summed E-state index contributed by atoms with van der Waals surface area (Å²) in [5.74, 6) is -0.128. The molecule has 5 nitrogen and oxygen atoms in total. The molecule has 3 rings (SSSR count). The van der Waals surface area contributed by atoms with Gasteiger partial charge in [-0.15, -0.1) is 6.58 Å². The summed E-state index contributed by atoms with van der Waals surface area (Å²) in [4.78, 5) is 14.8. The lowest BCUT2D eigenvalue weighted by molar-refractivity contribution is 0.0761. The molecule has 0 bridgehead atoms. The molecular weight excluding hydrogens is 408 g/mol. The summed E-state index contributed by atoms with van der Waals surface area (Å²) >= 11 is 6.25. The summed E-state index contributed by atoms with van der Waals surface area (Å²) in [6.07, 6.45) is 5.69. The van der Waals surface area contributed by atoms with Crippen molar-refractivity contribution in [2.24, 2.45) is 0 Å². The van der Waals surface area contributed by atoms with Crippen LogP contribution in [0.1, 0.15) is 36.0 Å². The smallest absolute Gasteiger partial charge is 0.264 e. The first-order valence-electron chi connectivity index (χ1n) is 9.72. The van der Waals surface area contributed by atoms with Gasteiger partial charge >= 0.3 is 0 Å². The number of likely N-dealkylation sites (tertiary alicyclic amines) is 1. The van der Waals surface area contributed by atoms with E-state index in [0.717, 1.165) is 25.7 Å². The Morgan fingerprint density at radius 2 is 1.76 bits per heavy atom. The average Bonchev–Trinajstić information content (AvgIpc) is 3.02. The molecule has 0 radical (unpaired) electrons. The monoisotopic (exact) mass is 432 g/mol. The maximum atomic E-state index is 13.4. The van der Waals surface area contributed by atoms with E-state index in [1.54, 1.807) is 36.4 Å². The zero-order chi connectivity index (χ0) is 20.9. The van der Waals surface area contributed by atoms with E-state index in [-0.39, 0.29) is 17.3 Å². The molecule has 1 saturated heterocycles. The van der Waals surface area contributed by atoms with E-state index in [1.807, 2.05) is 4.90 Å². The van der Waals surface area contributed by atoms with Crippen LogP contribution in [-0.2, 0) is 10.0 Å². The number of rotatable bonds is 6. The van der Waals surface area contributed by atoms with Gasteiger partial charge in [0.2, 0.25) is 0 Å². The first kappa shape index (κ1) is 21.4. The number of amides is 1. The maximum absolute atomic E-state index is 13.4. The van der Waals surface area contributed by atoms with E-state index < -0.39 is 10.0 Å². The van der Waals surface area contributed by atoms with Crippen LogP contribution in [0.4, 0.5) is 5.69 Å². The zero-order valence-electron chi connectivity index (χ0n) is 16.3.